The molecule has 1 saturated heterocycles. The molecular formula is C18H26N4S. The Morgan fingerprint density at radius 1 is 1.13 bits per heavy atom. The topological polar surface area (TPSA) is 32.3 Å². The monoisotopic (exact) mass is 330 g/mol. The molecule has 3 rings (SSSR count). The van der Waals surface area contributed by atoms with E-state index in [2.05, 4.69) is 65.2 Å². The molecule has 0 saturated carbocycles. The molecule has 0 atom stereocenters. The second-order valence-electron chi connectivity index (χ2n) is 6.69. The molecular weight excluding hydrogens is 304 g/mol. The van der Waals surface area contributed by atoms with Gasteiger partial charge in [0.15, 0.2) is 0 Å². The van der Waals surface area contributed by atoms with Crippen LogP contribution in [-0.2, 0) is 13.1 Å². The van der Waals surface area contributed by atoms with Gasteiger partial charge in [-0.25, -0.2) is 0 Å². The minimum Gasteiger partial charge on any atom is -0.345 e. The highest BCUT2D eigenvalue weighted by Gasteiger charge is 2.16. The molecule has 124 valence electrons. The van der Waals surface area contributed by atoms with Crippen LogP contribution < -0.4 is 4.90 Å². The summed E-state index contributed by atoms with van der Waals surface area (Å²) in [6.45, 7) is 8.75. The fraction of sp³-hybridized carbons (Fsp3) is 0.556. The van der Waals surface area contributed by atoms with Crippen LogP contribution in [0.5, 0.6) is 0 Å². The van der Waals surface area contributed by atoms with E-state index in [9.17, 15) is 0 Å². The van der Waals surface area contributed by atoms with Crippen molar-refractivity contribution in [3.05, 3.63) is 40.4 Å². The quantitative estimate of drug-likeness (QED) is 0.804. The van der Waals surface area contributed by atoms with Gasteiger partial charge in [-0.2, -0.15) is 0 Å². The number of hydrogen-bond acceptors (Lipinski definition) is 5. The van der Waals surface area contributed by atoms with Crippen molar-refractivity contribution in [3.8, 4) is 0 Å². The number of benzene rings is 1. The van der Waals surface area contributed by atoms with Crippen LogP contribution in [0.25, 0.3) is 0 Å². The Morgan fingerprint density at radius 2 is 1.83 bits per heavy atom. The molecule has 0 amide bonds. The van der Waals surface area contributed by atoms with Crippen LogP contribution in [0.2, 0.25) is 0 Å². The summed E-state index contributed by atoms with van der Waals surface area (Å²) < 4.78 is 0. The van der Waals surface area contributed by atoms with Gasteiger partial charge in [-0.15, -0.1) is 10.2 Å². The SMILES string of the molecule is CC(C)c1nnc(N(C)Cc2ccccc2CN2CCCC2)s1. The number of rotatable bonds is 6. The van der Waals surface area contributed by atoms with E-state index < -0.39 is 0 Å². The summed E-state index contributed by atoms with van der Waals surface area (Å²) in [4.78, 5) is 4.77. The van der Waals surface area contributed by atoms with Gasteiger partial charge in [-0.3, -0.25) is 4.90 Å². The first-order chi connectivity index (χ1) is 11.1. The molecule has 0 radical (unpaired) electrons. The number of likely N-dealkylation sites (tertiary alicyclic amines) is 1. The molecule has 1 aliphatic heterocycles. The van der Waals surface area contributed by atoms with Crippen LogP contribution in [-0.4, -0.2) is 35.2 Å². The number of hydrogen-bond donors (Lipinski definition) is 0. The maximum Gasteiger partial charge on any atom is 0.208 e. The first-order valence-corrected chi connectivity index (χ1v) is 9.29. The Balaban J connectivity index is 1.70. The van der Waals surface area contributed by atoms with Crippen molar-refractivity contribution in [1.82, 2.24) is 15.1 Å². The molecule has 1 aromatic carbocycles. The van der Waals surface area contributed by atoms with Crippen LogP contribution in [0.4, 0.5) is 5.13 Å². The van der Waals surface area contributed by atoms with E-state index in [1.54, 1.807) is 11.3 Å². The van der Waals surface area contributed by atoms with Crippen molar-refractivity contribution < 1.29 is 0 Å². The molecule has 1 aliphatic rings. The third kappa shape index (κ3) is 4.09. The van der Waals surface area contributed by atoms with Crippen molar-refractivity contribution in [2.24, 2.45) is 0 Å². The smallest absolute Gasteiger partial charge is 0.208 e. The van der Waals surface area contributed by atoms with E-state index >= 15 is 0 Å². The minimum atomic E-state index is 0.442. The van der Waals surface area contributed by atoms with Crippen molar-refractivity contribution in [1.29, 1.82) is 0 Å². The van der Waals surface area contributed by atoms with Gasteiger partial charge in [0.05, 0.1) is 0 Å². The van der Waals surface area contributed by atoms with Crippen molar-refractivity contribution in [2.45, 2.75) is 45.7 Å². The fourth-order valence-corrected chi connectivity index (χ4v) is 3.79. The van der Waals surface area contributed by atoms with Crippen LogP contribution in [0.15, 0.2) is 24.3 Å². The lowest BCUT2D eigenvalue weighted by Crippen LogP contribution is -2.22. The second-order valence-corrected chi connectivity index (χ2v) is 7.67. The summed E-state index contributed by atoms with van der Waals surface area (Å²) in [5.74, 6) is 0.442. The molecule has 0 unspecified atom stereocenters. The molecule has 0 bridgehead atoms. The zero-order valence-electron chi connectivity index (χ0n) is 14.3. The van der Waals surface area contributed by atoms with E-state index in [0.717, 1.165) is 23.2 Å². The zero-order chi connectivity index (χ0) is 16.2. The summed E-state index contributed by atoms with van der Waals surface area (Å²) in [6, 6.07) is 8.79. The van der Waals surface area contributed by atoms with Gasteiger partial charge < -0.3 is 4.90 Å². The van der Waals surface area contributed by atoms with E-state index in [1.807, 2.05) is 0 Å². The first-order valence-electron chi connectivity index (χ1n) is 8.47. The average molecular weight is 331 g/mol. The Bertz CT molecular complexity index is 631. The van der Waals surface area contributed by atoms with Gasteiger partial charge >= 0.3 is 0 Å². The van der Waals surface area contributed by atoms with Crippen molar-refractivity contribution in [2.75, 3.05) is 25.0 Å². The highest BCUT2D eigenvalue weighted by molar-refractivity contribution is 7.15. The minimum absolute atomic E-state index is 0.442. The summed E-state index contributed by atoms with van der Waals surface area (Å²) >= 11 is 1.70. The predicted octanol–water partition coefficient (Wildman–Crippen LogP) is 3.89. The Kier molecular flexibility index (Phi) is 5.28. The summed E-state index contributed by atoms with van der Waals surface area (Å²) in [5, 5.41) is 10.8. The van der Waals surface area contributed by atoms with E-state index in [1.165, 1.54) is 37.1 Å². The molecule has 0 spiro atoms. The molecule has 2 heterocycles. The molecule has 2 aromatic rings. The van der Waals surface area contributed by atoms with Crippen molar-refractivity contribution in [3.63, 3.8) is 0 Å². The maximum atomic E-state index is 4.35. The molecule has 0 aliphatic carbocycles. The number of nitrogens with zero attached hydrogens (tertiary/aromatic N) is 4. The van der Waals surface area contributed by atoms with Crippen molar-refractivity contribution >= 4 is 16.5 Å². The lowest BCUT2D eigenvalue weighted by atomic mass is 10.1. The summed E-state index contributed by atoms with van der Waals surface area (Å²) in [5.41, 5.74) is 2.83. The molecule has 23 heavy (non-hydrogen) atoms. The summed E-state index contributed by atoms with van der Waals surface area (Å²) in [7, 11) is 2.11. The third-order valence-electron chi connectivity index (χ3n) is 4.37. The normalized spacial score (nSPS) is 15.5. The zero-order valence-corrected chi connectivity index (χ0v) is 15.1. The van der Waals surface area contributed by atoms with E-state index in [0.29, 0.717) is 5.92 Å². The van der Waals surface area contributed by atoms with Gasteiger partial charge in [-0.1, -0.05) is 49.4 Å². The first kappa shape index (κ1) is 16.4. The molecule has 4 nitrogen and oxygen atoms in total. The lowest BCUT2D eigenvalue weighted by Gasteiger charge is -2.21. The fourth-order valence-electron chi connectivity index (χ4n) is 2.98. The average Bonchev–Trinajstić information content (AvgIpc) is 3.20. The van der Waals surface area contributed by atoms with Gasteiger partial charge in [-0.05, 0) is 37.1 Å². The third-order valence-corrected chi connectivity index (χ3v) is 5.71. The van der Waals surface area contributed by atoms with Gasteiger partial charge in [0.25, 0.3) is 0 Å². The molecule has 1 fully saturated rings. The Hall–Kier alpha value is -1.46. The molecule has 0 N–H and O–H groups in total. The highest BCUT2D eigenvalue weighted by Crippen LogP contribution is 2.26. The number of anilines is 1. The van der Waals surface area contributed by atoms with Crippen LogP contribution in [0.3, 0.4) is 0 Å². The largest absolute Gasteiger partial charge is 0.345 e. The highest BCUT2D eigenvalue weighted by atomic mass is 32.1. The van der Waals surface area contributed by atoms with E-state index in [-0.39, 0.29) is 0 Å². The van der Waals surface area contributed by atoms with Gasteiger partial charge in [0.1, 0.15) is 5.01 Å². The van der Waals surface area contributed by atoms with E-state index in [4.69, 9.17) is 0 Å². The molecule has 1 aromatic heterocycles. The van der Waals surface area contributed by atoms with Gasteiger partial charge in [0, 0.05) is 26.1 Å². The maximum absolute atomic E-state index is 4.35. The van der Waals surface area contributed by atoms with Crippen LogP contribution in [0.1, 0.15) is 48.7 Å². The lowest BCUT2D eigenvalue weighted by molar-refractivity contribution is 0.330. The standard InChI is InChI=1S/C18H26N4S/c1-14(2)17-19-20-18(23-17)21(3)12-15-8-4-5-9-16(15)13-22-10-6-7-11-22/h4-5,8-9,14H,6-7,10-13H2,1-3H3. The molecule has 5 heteroatoms. The Labute approximate surface area is 143 Å². The van der Waals surface area contributed by atoms with Gasteiger partial charge in [0.2, 0.25) is 5.13 Å². The van der Waals surface area contributed by atoms with Crippen LogP contribution >= 0.6 is 11.3 Å². The summed E-state index contributed by atoms with van der Waals surface area (Å²) in [6.07, 6.45) is 2.68. The predicted molar refractivity (Wildman–Crippen MR) is 97.1 cm³/mol. The number of aromatic nitrogens is 2. The van der Waals surface area contributed by atoms with Crippen LogP contribution in [0, 0.1) is 0 Å². The second kappa shape index (κ2) is 7.41. The Morgan fingerprint density at radius 3 is 2.48 bits per heavy atom.